The zero-order valence-electron chi connectivity index (χ0n) is 20.5. The van der Waals surface area contributed by atoms with Gasteiger partial charge in [0.2, 0.25) is 5.75 Å². The number of carbonyl (C=O) groups is 2. The van der Waals surface area contributed by atoms with Gasteiger partial charge in [-0.25, -0.2) is 0 Å². The van der Waals surface area contributed by atoms with Crippen molar-refractivity contribution in [2.45, 2.75) is 18.7 Å². The van der Waals surface area contributed by atoms with Gasteiger partial charge in [0, 0.05) is 0 Å². The molecule has 0 atom stereocenters. The van der Waals surface area contributed by atoms with E-state index >= 15 is 0 Å². The van der Waals surface area contributed by atoms with Crippen molar-refractivity contribution in [2.24, 2.45) is 0 Å². The van der Waals surface area contributed by atoms with Crippen LogP contribution in [-0.4, -0.2) is 44.2 Å². The second-order valence-corrected chi connectivity index (χ2v) is 11.1. The lowest BCUT2D eigenvalue weighted by Gasteiger charge is -2.14. The third kappa shape index (κ3) is 6.50. The number of rotatable bonds is 10. The van der Waals surface area contributed by atoms with E-state index in [0.717, 1.165) is 22.2 Å². The van der Waals surface area contributed by atoms with Crippen molar-refractivity contribution in [3.63, 3.8) is 0 Å². The van der Waals surface area contributed by atoms with Gasteiger partial charge in [0.05, 0.1) is 23.1 Å². The van der Waals surface area contributed by atoms with Crippen LogP contribution in [0.25, 0.3) is 6.08 Å². The Morgan fingerprint density at radius 1 is 1.00 bits per heavy atom. The quantitative estimate of drug-likeness (QED) is 0.217. The van der Waals surface area contributed by atoms with E-state index in [4.69, 9.17) is 25.3 Å². The molecule has 1 heterocycles. The standard InChI is InChI=1S/C27H24ClNO7S2/c1-3-34-23-16-19(15-22(28)25(23)36-38(32,33)21-10-5-4-6-11-21)17-24-26(30)29(27(31)37-24)12-13-35-20-9-7-8-18(2)14-20/h4-11,14-17H,3,12-13H2,1-2H3/b24-17-. The molecule has 1 aliphatic heterocycles. The number of benzene rings is 3. The summed E-state index contributed by atoms with van der Waals surface area (Å²) in [6.07, 6.45) is 1.50. The highest BCUT2D eigenvalue weighted by Crippen LogP contribution is 2.40. The average molecular weight is 574 g/mol. The molecular weight excluding hydrogens is 550 g/mol. The molecule has 4 rings (SSSR count). The summed E-state index contributed by atoms with van der Waals surface area (Å²) in [5.74, 6) is 0.101. The molecule has 1 aliphatic rings. The number of nitrogens with zero attached hydrogens (tertiary/aromatic N) is 1. The third-order valence-corrected chi connectivity index (χ3v) is 7.72. The summed E-state index contributed by atoms with van der Waals surface area (Å²) >= 11 is 7.19. The van der Waals surface area contributed by atoms with Crippen molar-refractivity contribution in [3.05, 3.63) is 87.8 Å². The molecular formula is C27H24ClNO7S2. The van der Waals surface area contributed by atoms with Gasteiger partial charge in [-0.1, -0.05) is 41.9 Å². The van der Waals surface area contributed by atoms with Crippen LogP contribution < -0.4 is 13.7 Å². The minimum Gasteiger partial charge on any atom is -0.492 e. The maximum atomic E-state index is 12.9. The number of thioether (sulfide) groups is 1. The first-order valence-corrected chi connectivity index (χ1v) is 14.2. The lowest BCUT2D eigenvalue weighted by Crippen LogP contribution is -2.32. The molecule has 3 aromatic carbocycles. The first kappa shape index (κ1) is 27.6. The molecule has 0 saturated carbocycles. The predicted octanol–water partition coefficient (Wildman–Crippen LogP) is 5.93. The van der Waals surface area contributed by atoms with Crippen LogP contribution in [0.15, 0.2) is 76.5 Å². The molecule has 0 unspecified atom stereocenters. The van der Waals surface area contributed by atoms with Gasteiger partial charge in [-0.3, -0.25) is 14.5 Å². The Hall–Kier alpha value is -3.47. The second-order valence-electron chi connectivity index (χ2n) is 8.11. The predicted molar refractivity (Wildman–Crippen MR) is 146 cm³/mol. The van der Waals surface area contributed by atoms with E-state index in [1.54, 1.807) is 31.2 Å². The van der Waals surface area contributed by atoms with Crippen LogP contribution >= 0.6 is 23.4 Å². The Morgan fingerprint density at radius 2 is 1.76 bits per heavy atom. The van der Waals surface area contributed by atoms with Crippen LogP contribution in [0.5, 0.6) is 17.2 Å². The van der Waals surface area contributed by atoms with E-state index in [1.165, 1.54) is 30.3 Å². The number of aryl methyl sites for hydroxylation is 1. The zero-order valence-corrected chi connectivity index (χ0v) is 22.9. The maximum absolute atomic E-state index is 12.9. The molecule has 0 aromatic heterocycles. The smallest absolute Gasteiger partial charge is 0.339 e. The summed E-state index contributed by atoms with van der Waals surface area (Å²) in [6, 6.07) is 18.1. The number of amides is 2. The summed E-state index contributed by atoms with van der Waals surface area (Å²) in [6.45, 7) is 4.11. The van der Waals surface area contributed by atoms with Crippen molar-refractivity contribution in [1.29, 1.82) is 0 Å². The average Bonchev–Trinajstić information content (AvgIpc) is 3.14. The van der Waals surface area contributed by atoms with Crippen molar-refractivity contribution in [3.8, 4) is 17.2 Å². The molecule has 198 valence electrons. The van der Waals surface area contributed by atoms with Gasteiger partial charge >= 0.3 is 10.1 Å². The second kappa shape index (κ2) is 11.9. The third-order valence-electron chi connectivity index (χ3n) is 5.30. The van der Waals surface area contributed by atoms with Crippen LogP contribution in [0.4, 0.5) is 4.79 Å². The summed E-state index contributed by atoms with van der Waals surface area (Å²) in [4.78, 5) is 26.7. The van der Waals surface area contributed by atoms with Gasteiger partial charge in [0.1, 0.15) is 17.3 Å². The van der Waals surface area contributed by atoms with E-state index in [2.05, 4.69) is 0 Å². The van der Waals surface area contributed by atoms with Crippen molar-refractivity contribution >= 4 is 50.7 Å². The van der Waals surface area contributed by atoms with Gasteiger partial charge in [-0.15, -0.1) is 0 Å². The molecule has 38 heavy (non-hydrogen) atoms. The van der Waals surface area contributed by atoms with E-state index in [9.17, 15) is 18.0 Å². The molecule has 0 radical (unpaired) electrons. The molecule has 8 nitrogen and oxygen atoms in total. The number of ether oxygens (including phenoxy) is 2. The van der Waals surface area contributed by atoms with E-state index < -0.39 is 21.3 Å². The highest BCUT2D eigenvalue weighted by atomic mass is 35.5. The van der Waals surface area contributed by atoms with Gasteiger partial charge in [0.15, 0.2) is 5.75 Å². The number of hydrogen-bond acceptors (Lipinski definition) is 8. The summed E-state index contributed by atoms with van der Waals surface area (Å²) in [5.41, 5.74) is 1.47. The number of halogens is 1. The van der Waals surface area contributed by atoms with Crippen molar-refractivity contribution in [2.75, 3.05) is 19.8 Å². The molecule has 0 bridgehead atoms. The van der Waals surface area contributed by atoms with E-state index in [0.29, 0.717) is 11.3 Å². The normalized spacial score (nSPS) is 14.7. The Balaban J connectivity index is 1.52. The molecule has 0 spiro atoms. The molecule has 1 fully saturated rings. The molecule has 0 aliphatic carbocycles. The Morgan fingerprint density at radius 3 is 2.47 bits per heavy atom. The van der Waals surface area contributed by atoms with E-state index in [-0.39, 0.29) is 46.1 Å². The van der Waals surface area contributed by atoms with Crippen LogP contribution in [0.1, 0.15) is 18.1 Å². The molecule has 0 N–H and O–H groups in total. The Labute approximate surface area is 230 Å². The van der Waals surface area contributed by atoms with Gasteiger partial charge < -0.3 is 13.7 Å². The summed E-state index contributed by atoms with van der Waals surface area (Å²) < 4.78 is 42.0. The Bertz CT molecular complexity index is 1490. The SMILES string of the molecule is CCOc1cc(/C=C2\SC(=O)N(CCOc3cccc(C)c3)C2=O)cc(Cl)c1OS(=O)(=O)c1ccccc1. The van der Waals surface area contributed by atoms with Crippen molar-refractivity contribution in [1.82, 2.24) is 4.90 Å². The first-order chi connectivity index (χ1) is 18.2. The van der Waals surface area contributed by atoms with Crippen LogP contribution in [-0.2, 0) is 14.9 Å². The van der Waals surface area contributed by atoms with Crippen LogP contribution in [0, 0.1) is 6.92 Å². The minimum absolute atomic E-state index is 0.0347. The molecule has 3 aromatic rings. The van der Waals surface area contributed by atoms with Crippen LogP contribution in [0.2, 0.25) is 5.02 Å². The fourth-order valence-corrected chi connectivity index (χ4v) is 5.71. The maximum Gasteiger partial charge on any atom is 0.339 e. The molecule has 1 saturated heterocycles. The number of hydrogen-bond donors (Lipinski definition) is 0. The number of imide groups is 1. The van der Waals surface area contributed by atoms with Crippen molar-refractivity contribution < 1.29 is 31.7 Å². The lowest BCUT2D eigenvalue weighted by atomic mass is 10.2. The number of carbonyl (C=O) groups excluding carboxylic acids is 2. The Kier molecular flexibility index (Phi) is 8.65. The minimum atomic E-state index is -4.17. The highest BCUT2D eigenvalue weighted by Gasteiger charge is 2.35. The molecule has 11 heteroatoms. The topological polar surface area (TPSA) is 99.2 Å². The van der Waals surface area contributed by atoms with Gasteiger partial charge in [-0.05, 0) is 79.2 Å². The van der Waals surface area contributed by atoms with Gasteiger partial charge in [-0.2, -0.15) is 8.42 Å². The lowest BCUT2D eigenvalue weighted by molar-refractivity contribution is -0.123. The van der Waals surface area contributed by atoms with E-state index in [1.807, 2.05) is 25.1 Å². The molecule has 2 amide bonds. The van der Waals surface area contributed by atoms with Crippen LogP contribution in [0.3, 0.4) is 0 Å². The fraction of sp³-hybridized carbons (Fsp3) is 0.185. The largest absolute Gasteiger partial charge is 0.492 e. The highest BCUT2D eigenvalue weighted by molar-refractivity contribution is 8.18. The van der Waals surface area contributed by atoms with Gasteiger partial charge in [0.25, 0.3) is 11.1 Å². The monoisotopic (exact) mass is 573 g/mol. The summed E-state index contributed by atoms with van der Waals surface area (Å²) in [7, 11) is -4.17. The first-order valence-electron chi connectivity index (χ1n) is 11.6. The summed E-state index contributed by atoms with van der Waals surface area (Å²) in [5, 5.41) is -0.452. The fourth-order valence-electron chi connectivity index (χ4n) is 3.56. The zero-order chi connectivity index (χ0) is 27.3.